The van der Waals surface area contributed by atoms with Crippen molar-refractivity contribution >= 4 is 11.8 Å². The SMILES string of the molecule is CNCc1ccccc1Sc1ccccc1OC. The highest BCUT2D eigenvalue weighted by atomic mass is 32.2. The summed E-state index contributed by atoms with van der Waals surface area (Å²) < 4.78 is 5.38. The first-order valence-electron chi connectivity index (χ1n) is 5.88. The molecule has 0 unspecified atom stereocenters. The van der Waals surface area contributed by atoms with Crippen molar-refractivity contribution < 1.29 is 4.74 Å². The van der Waals surface area contributed by atoms with Gasteiger partial charge in [0.1, 0.15) is 5.75 Å². The van der Waals surface area contributed by atoms with Crippen LogP contribution in [0, 0.1) is 0 Å². The first-order valence-corrected chi connectivity index (χ1v) is 6.70. The lowest BCUT2D eigenvalue weighted by Gasteiger charge is -2.11. The molecule has 0 aliphatic carbocycles. The zero-order valence-electron chi connectivity index (χ0n) is 10.6. The monoisotopic (exact) mass is 259 g/mol. The Morgan fingerprint density at radius 3 is 2.39 bits per heavy atom. The van der Waals surface area contributed by atoms with Gasteiger partial charge in [-0.1, -0.05) is 42.1 Å². The van der Waals surface area contributed by atoms with Gasteiger partial charge >= 0.3 is 0 Å². The lowest BCUT2D eigenvalue weighted by atomic mass is 10.2. The number of hydrogen-bond donors (Lipinski definition) is 1. The molecule has 0 saturated heterocycles. The second-order valence-electron chi connectivity index (χ2n) is 3.89. The van der Waals surface area contributed by atoms with Gasteiger partial charge in [-0.15, -0.1) is 0 Å². The molecule has 2 rings (SSSR count). The smallest absolute Gasteiger partial charge is 0.132 e. The van der Waals surface area contributed by atoms with Gasteiger partial charge in [0.2, 0.25) is 0 Å². The fraction of sp³-hybridized carbons (Fsp3) is 0.200. The standard InChI is InChI=1S/C15H17NOS/c1-16-11-12-7-3-5-9-14(12)18-15-10-6-4-8-13(15)17-2/h3-10,16H,11H2,1-2H3. The van der Waals surface area contributed by atoms with E-state index in [2.05, 4.69) is 35.6 Å². The van der Waals surface area contributed by atoms with E-state index in [4.69, 9.17) is 4.74 Å². The van der Waals surface area contributed by atoms with E-state index >= 15 is 0 Å². The van der Waals surface area contributed by atoms with Gasteiger partial charge in [0.05, 0.1) is 12.0 Å². The van der Waals surface area contributed by atoms with Gasteiger partial charge in [-0.25, -0.2) is 0 Å². The van der Waals surface area contributed by atoms with Crippen molar-refractivity contribution in [2.24, 2.45) is 0 Å². The van der Waals surface area contributed by atoms with Crippen LogP contribution < -0.4 is 10.1 Å². The van der Waals surface area contributed by atoms with Crippen molar-refractivity contribution in [3.63, 3.8) is 0 Å². The molecule has 2 nitrogen and oxygen atoms in total. The van der Waals surface area contributed by atoms with Crippen LogP contribution in [0.25, 0.3) is 0 Å². The summed E-state index contributed by atoms with van der Waals surface area (Å²) in [4.78, 5) is 2.40. The summed E-state index contributed by atoms with van der Waals surface area (Å²) in [5.74, 6) is 0.918. The van der Waals surface area contributed by atoms with Crippen LogP contribution in [0.1, 0.15) is 5.56 Å². The lowest BCUT2D eigenvalue weighted by molar-refractivity contribution is 0.405. The quantitative estimate of drug-likeness (QED) is 0.887. The fourth-order valence-electron chi connectivity index (χ4n) is 1.76. The van der Waals surface area contributed by atoms with E-state index in [-0.39, 0.29) is 0 Å². The highest BCUT2D eigenvalue weighted by Gasteiger charge is 2.07. The lowest BCUT2D eigenvalue weighted by Crippen LogP contribution is -2.05. The molecule has 0 bridgehead atoms. The Balaban J connectivity index is 2.28. The summed E-state index contributed by atoms with van der Waals surface area (Å²) in [6, 6.07) is 16.5. The van der Waals surface area contributed by atoms with Crippen LogP contribution in [0.5, 0.6) is 5.75 Å². The van der Waals surface area contributed by atoms with Crippen molar-refractivity contribution in [2.75, 3.05) is 14.2 Å². The molecule has 94 valence electrons. The minimum atomic E-state index is 0.873. The first-order chi connectivity index (χ1) is 8.85. The number of benzene rings is 2. The second kappa shape index (κ2) is 6.47. The number of methoxy groups -OCH3 is 1. The summed E-state index contributed by atoms with van der Waals surface area (Å²) >= 11 is 1.74. The van der Waals surface area contributed by atoms with Crippen LogP contribution in [0.3, 0.4) is 0 Å². The summed E-state index contributed by atoms with van der Waals surface area (Å²) in [6.07, 6.45) is 0. The Morgan fingerprint density at radius 1 is 1.00 bits per heavy atom. The van der Waals surface area contributed by atoms with Crippen LogP contribution in [0.2, 0.25) is 0 Å². The molecule has 1 N–H and O–H groups in total. The van der Waals surface area contributed by atoms with Crippen LogP contribution in [-0.4, -0.2) is 14.2 Å². The number of para-hydroxylation sites is 1. The summed E-state index contributed by atoms with van der Waals surface area (Å²) in [6.45, 7) is 0.873. The molecule has 0 fully saturated rings. The molecule has 2 aromatic rings. The van der Waals surface area contributed by atoms with E-state index in [9.17, 15) is 0 Å². The Labute approximate surface area is 112 Å². The van der Waals surface area contributed by atoms with Crippen LogP contribution in [0.4, 0.5) is 0 Å². The summed E-state index contributed by atoms with van der Waals surface area (Å²) in [5.41, 5.74) is 1.30. The van der Waals surface area contributed by atoms with E-state index in [0.29, 0.717) is 0 Å². The average Bonchev–Trinajstić information content (AvgIpc) is 2.42. The molecule has 0 saturated carbocycles. The molecule has 0 atom stereocenters. The van der Waals surface area contributed by atoms with E-state index in [1.54, 1.807) is 18.9 Å². The van der Waals surface area contributed by atoms with Crippen molar-refractivity contribution in [3.8, 4) is 5.75 Å². The molecule has 0 spiro atoms. The predicted molar refractivity (Wildman–Crippen MR) is 76.3 cm³/mol. The Hall–Kier alpha value is -1.45. The molecule has 18 heavy (non-hydrogen) atoms. The highest BCUT2D eigenvalue weighted by molar-refractivity contribution is 7.99. The normalized spacial score (nSPS) is 10.3. The van der Waals surface area contributed by atoms with Gasteiger partial charge < -0.3 is 10.1 Å². The first kappa shape index (κ1) is 13.0. The maximum absolute atomic E-state index is 5.38. The topological polar surface area (TPSA) is 21.3 Å². The van der Waals surface area contributed by atoms with Crippen LogP contribution >= 0.6 is 11.8 Å². The van der Waals surface area contributed by atoms with Crippen molar-refractivity contribution in [1.29, 1.82) is 0 Å². The Bertz CT molecular complexity index is 513. The third-order valence-corrected chi connectivity index (χ3v) is 3.80. The maximum atomic E-state index is 5.38. The van der Waals surface area contributed by atoms with E-state index < -0.39 is 0 Å². The molecule has 0 aromatic heterocycles. The van der Waals surface area contributed by atoms with Crippen molar-refractivity contribution in [2.45, 2.75) is 16.3 Å². The summed E-state index contributed by atoms with van der Waals surface area (Å²) in [5, 5.41) is 3.19. The summed E-state index contributed by atoms with van der Waals surface area (Å²) in [7, 11) is 3.67. The molecule has 0 aliphatic rings. The minimum Gasteiger partial charge on any atom is -0.496 e. The van der Waals surface area contributed by atoms with E-state index in [1.165, 1.54) is 10.5 Å². The zero-order valence-corrected chi connectivity index (χ0v) is 11.5. The largest absolute Gasteiger partial charge is 0.496 e. The highest BCUT2D eigenvalue weighted by Crippen LogP contribution is 2.36. The molecule has 0 radical (unpaired) electrons. The predicted octanol–water partition coefficient (Wildman–Crippen LogP) is 3.57. The molecule has 0 heterocycles. The number of nitrogens with one attached hydrogen (secondary N) is 1. The molecular formula is C15H17NOS. The molecule has 2 aromatic carbocycles. The minimum absolute atomic E-state index is 0.873. The van der Waals surface area contributed by atoms with E-state index in [0.717, 1.165) is 17.2 Å². The third kappa shape index (κ3) is 3.06. The van der Waals surface area contributed by atoms with Gasteiger partial charge in [0.25, 0.3) is 0 Å². The van der Waals surface area contributed by atoms with Gasteiger partial charge in [0, 0.05) is 11.4 Å². The average molecular weight is 259 g/mol. The van der Waals surface area contributed by atoms with E-state index in [1.807, 2.05) is 25.2 Å². The van der Waals surface area contributed by atoms with Gasteiger partial charge in [-0.2, -0.15) is 0 Å². The zero-order chi connectivity index (χ0) is 12.8. The van der Waals surface area contributed by atoms with Crippen molar-refractivity contribution in [3.05, 3.63) is 54.1 Å². The van der Waals surface area contributed by atoms with Crippen LogP contribution in [-0.2, 0) is 6.54 Å². The molecule has 3 heteroatoms. The molecular weight excluding hydrogens is 242 g/mol. The number of rotatable bonds is 5. The molecule has 0 aliphatic heterocycles. The second-order valence-corrected chi connectivity index (χ2v) is 4.97. The van der Waals surface area contributed by atoms with Crippen LogP contribution in [0.15, 0.2) is 58.3 Å². The molecule has 0 amide bonds. The van der Waals surface area contributed by atoms with Gasteiger partial charge in [0.15, 0.2) is 0 Å². The van der Waals surface area contributed by atoms with Gasteiger partial charge in [-0.05, 0) is 30.8 Å². The third-order valence-electron chi connectivity index (χ3n) is 2.63. The Kier molecular flexibility index (Phi) is 4.67. The maximum Gasteiger partial charge on any atom is 0.132 e. The fourth-order valence-corrected chi connectivity index (χ4v) is 2.81. The number of hydrogen-bond acceptors (Lipinski definition) is 3. The van der Waals surface area contributed by atoms with Crippen molar-refractivity contribution in [1.82, 2.24) is 5.32 Å². The Morgan fingerprint density at radius 2 is 1.67 bits per heavy atom. The van der Waals surface area contributed by atoms with Gasteiger partial charge in [-0.3, -0.25) is 0 Å². The number of ether oxygens (including phenoxy) is 1.